The van der Waals surface area contributed by atoms with Gasteiger partial charge in [-0.25, -0.2) is 9.18 Å². The number of ether oxygens (including phenoxy) is 2. The third-order valence-electron chi connectivity index (χ3n) is 7.43. The Balaban J connectivity index is 1.53. The van der Waals surface area contributed by atoms with Gasteiger partial charge in [0.15, 0.2) is 5.78 Å². The minimum Gasteiger partial charge on any atom is -0.497 e. The molecule has 2 aliphatic carbocycles. The molecule has 0 spiro atoms. The van der Waals surface area contributed by atoms with Gasteiger partial charge in [-0.05, 0) is 68.7 Å². The second-order valence-electron chi connectivity index (χ2n) is 9.62. The molecule has 2 aromatic rings. The van der Waals surface area contributed by atoms with Gasteiger partial charge >= 0.3 is 5.97 Å². The first kappa shape index (κ1) is 23.3. The number of carbonyl (C=O) groups is 2. The van der Waals surface area contributed by atoms with Crippen molar-refractivity contribution < 1.29 is 23.5 Å². The van der Waals surface area contributed by atoms with Gasteiger partial charge in [-0.3, -0.25) is 4.79 Å². The van der Waals surface area contributed by atoms with Gasteiger partial charge in [0, 0.05) is 29.0 Å². The van der Waals surface area contributed by atoms with Crippen LogP contribution in [0, 0.1) is 5.82 Å². The number of Topliss-reactive ketones (excluding diaryl/α,β-unsaturated/α-hetero) is 1. The number of benzene rings is 2. The Bertz CT molecular complexity index is 1210. The van der Waals surface area contributed by atoms with Crippen LogP contribution < -0.4 is 10.1 Å². The first-order valence-electron chi connectivity index (χ1n) is 12.3. The Morgan fingerprint density at radius 1 is 1.03 bits per heavy atom. The van der Waals surface area contributed by atoms with Crippen molar-refractivity contribution in [2.24, 2.45) is 0 Å². The van der Waals surface area contributed by atoms with Crippen LogP contribution in [-0.2, 0) is 14.3 Å². The zero-order chi connectivity index (χ0) is 24.5. The SMILES string of the molecule is COc1ccc(C2CC(=O)C3=C(C2)NC(C)=C(C(=O)OC2CCCC2)C3c2ccccc2F)cc1. The van der Waals surface area contributed by atoms with Crippen LogP contribution in [0.2, 0.25) is 0 Å². The van der Waals surface area contributed by atoms with Crippen molar-refractivity contribution in [1.29, 1.82) is 0 Å². The highest BCUT2D eigenvalue weighted by atomic mass is 19.1. The summed E-state index contributed by atoms with van der Waals surface area (Å²) in [4.78, 5) is 27.0. The zero-order valence-corrected chi connectivity index (χ0v) is 20.1. The molecule has 5 rings (SSSR count). The average molecular weight is 476 g/mol. The molecule has 0 radical (unpaired) electrons. The van der Waals surface area contributed by atoms with E-state index >= 15 is 4.39 Å². The third kappa shape index (κ3) is 4.49. The molecule has 2 aromatic carbocycles. The van der Waals surface area contributed by atoms with Crippen LogP contribution >= 0.6 is 0 Å². The predicted octanol–water partition coefficient (Wildman–Crippen LogP) is 5.68. The maximum absolute atomic E-state index is 15.1. The Hall–Kier alpha value is -3.41. The number of halogens is 1. The highest BCUT2D eigenvalue weighted by molar-refractivity contribution is 6.04. The van der Waals surface area contributed by atoms with E-state index in [2.05, 4.69) is 5.32 Å². The topological polar surface area (TPSA) is 64.6 Å². The minimum absolute atomic E-state index is 0.0132. The highest BCUT2D eigenvalue weighted by Crippen LogP contribution is 2.46. The number of methoxy groups -OCH3 is 1. The summed E-state index contributed by atoms with van der Waals surface area (Å²) < 4.78 is 26.2. The summed E-state index contributed by atoms with van der Waals surface area (Å²) in [7, 11) is 1.62. The maximum atomic E-state index is 15.1. The minimum atomic E-state index is -0.786. The molecule has 1 aliphatic heterocycles. The second kappa shape index (κ2) is 9.68. The van der Waals surface area contributed by atoms with E-state index in [1.807, 2.05) is 31.2 Å². The average Bonchev–Trinajstić information content (AvgIpc) is 3.36. The number of rotatable bonds is 5. The number of esters is 1. The molecule has 2 atom stereocenters. The molecule has 1 heterocycles. The maximum Gasteiger partial charge on any atom is 0.337 e. The monoisotopic (exact) mass is 475 g/mol. The molecule has 1 fully saturated rings. The lowest BCUT2D eigenvalue weighted by molar-refractivity contribution is -0.144. The summed E-state index contributed by atoms with van der Waals surface area (Å²) in [6.45, 7) is 1.81. The van der Waals surface area contributed by atoms with E-state index in [1.165, 1.54) is 6.07 Å². The van der Waals surface area contributed by atoms with Crippen LogP contribution in [0.15, 0.2) is 71.1 Å². The van der Waals surface area contributed by atoms with Gasteiger partial charge in [-0.2, -0.15) is 0 Å². The van der Waals surface area contributed by atoms with Crippen molar-refractivity contribution in [2.45, 2.75) is 63.4 Å². The Morgan fingerprint density at radius 2 is 1.74 bits per heavy atom. The largest absolute Gasteiger partial charge is 0.497 e. The lowest BCUT2D eigenvalue weighted by atomic mass is 9.71. The van der Waals surface area contributed by atoms with E-state index in [9.17, 15) is 9.59 Å². The number of ketones is 1. The normalized spacial score (nSPS) is 22.7. The van der Waals surface area contributed by atoms with E-state index in [0.29, 0.717) is 35.2 Å². The number of hydrogen-bond acceptors (Lipinski definition) is 5. The zero-order valence-electron chi connectivity index (χ0n) is 20.1. The van der Waals surface area contributed by atoms with Crippen LogP contribution in [-0.4, -0.2) is 25.0 Å². The number of dihydropyridines is 1. The summed E-state index contributed by atoms with van der Waals surface area (Å²) in [5.74, 6) is -1.02. The van der Waals surface area contributed by atoms with Gasteiger partial charge in [0.25, 0.3) is 0 Å². The lowest BCUT2D eigenvalue weighted by Crippen LogP contribution is -2.37. The van der Waals surface area contributed by atoms with Crippen molar-refractivity contribution in [2.75, 3.05) is 7.11 Å². The molecular formula is C29H30FNO4. The molecule has 3 aliphatic rings. The molecule has 6 heteroatoms. The number of nitrogens with one attached hydrogen (secondary N) is 1. The van der Waals surface area contributed by atoms with Gasteiger partial charge in [0.05, 0.1) is 18.6 Å². The van der Waals surface area contributed by atoms with Crippen LogP contribution in [0.25, 0.3) is 0 Å². The smallest absolute Gasteiger partial charge is 0.337 e. The number of carbonyl (C=O) groups excluding carboxylic acids is 2. The first-order valence-corrected chi connectivity index (χ1v) is 12.3. The van der Waals surface area contributed by atoms with Gasteiger partial charge in [-0.1, -0.05) is 30.3 Å². The fourth-order valence-corrected chi connectivity index (χ4v) is 5.66. The van der Waals surface area contributed by atoms with Crippen LogP contribution in [0.1, 0.15) is 68.4 Å². The van der Waals surface area contributed by atoms with Crippen molar-refractivity contribution >= 4 is 11.8 Å². The lowest BCUT2D eigenvalue weighted by Gasteiger charge is -2.37. The summed E-state index contributed by atoms with van der Waals surface area (Å²) in [5, 5.41) is 3.34. The molecular weight excluding hydrogens is 445 g/mol. The predicted molar refractivity (Wildman–Crippen MR) is 130 cm³/mol. The van der Waals surface area contributed by atoms with E-state index in [1.54, 1.807) is 25.3 Å². The van der Waals surface area contributed by atoms with E-state index in [4.69, 9.17) is 9.47 Å². The third-order valence-corrected chi connectivity index (χ3v) is 7.43. The fourth-order valence-electron chi connectivity index (χ4n) is 5.66. The highest BCUT2D eigenvalue weighted by Gasteiger charge is 2.42. The second-order valence-corrected chi connectivity index (χ2v) is 9.62. The molecule has 0 saturated heterocycles. The summed E-state index contributed by atoms with van der Waals surface area (Å²) in [6.07, 6.45) is 4.51. The van der Waals surface area contributed by atoms with Gasteiger partial charge < -0.3 is 14.8 Å². The molecule has 0 bridgehead atoms. The number of allylic oxidation sites excluding steroid dienone is 3. The van der Waals surface area contributed by atoms with Crippen LogP contribution in [0.3, 0.4) is 0 Å². The molecule has 5 nitrogen and oxygen atoms in total. The van der Waals surface area contributed by atoms with E-state index < -0.39 is 17.7 Å². The summed E-state index contributed by atoms with van der Waals surface area (Å²) >= 11 is 0. The number of hydrogen-bond donors (Lipinski definition) is 1. The standard InChI is InChI=1S/C29H30FNO4/c1-17-26(29(33)35-21-7-3-4-8-21)27(22-9-5-6-10-23(22)30)28-24(31-17)15-19(16-25(28)32)18-11-13-20(34-2)14-12-18/h5-6,9-14,19,21,27,31H,3-4,7-8,15-16H2,1-2H3. The Kier molecular flexibility index (Phi) is 6.46. The molecule has 0 aromatic heterocycles. The summed E-state index contributed by atoms with van der Waals surface area (Å²) in [5.41, 5.74) is 3.55. The Morgan fingerprint density at radius 3 is 2.43 bits per heavy atom. The fraction of sp³-hybridized carbons (Fsp3) is 0.379. The van der Waals surface area contributed by atoms with Crippen LogP contribution in [0.5, 0.6) is 5.75 Å². The molecule has 1 saturated carbocycles. The quantitative estimate of drug-likeness (QED) is 0.564. The van der Waals surface area contributed by atoms with Crippen molar-refractivity contribution in [1.82, 2.24) is 5.32 Å². The summed E-state index contributed by atoms with van der Waals surface area (Å²) in [6, 6.07) is 14.1. The van der Waals surface area contributed by atoms with Crippen molar-refractivity contribution in [3.05, 3.63) is 88.0 Å². The van der Waals surface area contributed by atoms with Gasteiger partial charge in [0.2, 0.25) is 0 Å². The van der Waals surface area contributed by atoms with Crippen molar-refractivity contribution in [3.8, 4) is 5.75 Å². The van der Waals surface area contributed by atoms with Gasteiger partial charge in [0.1, 0.15) is 17.7 Å². The van der Waals surface area contributed by atoms with Crippen LogP contribution in [0.4, 0.5) is 4.39 Å². The molecule has 35 heavy (non-hydrogen) atoms. The first-order chi connectivity index (χ1) is 17.0. The molecule has 2 unspecified atom stereocenters. The van der Waals surface area contributed by atoms with Gasteiger partial charge in [-0.15, -0.1) is 0 Å². The van der Waals surface area contributed by atoms with Crippen molar-refractivity contribution in [3.63, 3.8) is 0 Å². The Labute approximate surface area is 205 Å². The molecule has 1 N–H and O–H groups in total. The van der Waals surface area contributed by atoms with E-state index in [-0.39, 0.29) is 17.8 Å². The molecule has 182 valence electrons. The molecule has 0 amide bonds. The van der Waals surface area contributed by atoms with E-state index in [0.717, 1.165) is 42.7 Å².